The van der Waals surface area contributed by atoms with Crippen molar-refractivity contribution in [2.75, 3.05) is 32.9 Å². The van der Waals surface area contributed by atoms with E-state index < -0.39 is 13.5 Å². The Hall–Kier alpha value is -0.850. The molecule has 6 nitrogen and oxygen atoms in total. The summed E-state index contributed by atoms with van der Waals surface area (Å²) in [6, 6.07) is 3.23. The molecule has 132 valence electrons. The molecule has 0 aliphatic carbocycles. The van der Waals surface area contributed by atoms with Crippen LogP contribution in [-0.2, 0) is 20.2 Å². The van der Waals surface area contributed by atoms with Crippen molar-refractivity contribution in [3.05, 3.63) is 29.6 Å². The number of hydrogen-bond donors (Lipinski definition) is 1. The molecule has 0 saturated carbocycles. The van der Waals surface area contributed by atoms with Crippen molar-refractivity contribution in [3.8, 4) is 0 Å². The van der Waals surface area contributed by atoms with Crippen molar-refractivity contribution in [2.24, 2.45) is 0 Å². The maximum Gasteiger partial charge on any atom is 0.369 e. The van der Waals surface area contributed by atoms with E-state index in [2.05, 4.69) is 4.98 Å². The predicted molar refractivity (Wildman–Crippen MR) is 87.0 cm³/mol. The summed E-state index contributed by atoms with van der Waals surface area (Å²) in [5.41, 5.74) is 0.920. The first-order valence-electron chi connectivity index (χ1n) is 7.81. The summed E-state index contributed by atoms with van der Waals surface area (Å²) in [6.07, 6.45) is 1.36. The number of aromatic nitrogens is 1. The van der Waals surface area contributed by atoms with Crippen LogP contribution < -0.4 is 0 Å². The maximum absolute atomic E-state index is 14.5. The lowest BCUT2D eigenvalue weighted by atomic mass is 10.2. The zero-order valence-corrected chi connectivity index (χ0v) is 14.8. The van der Waals surface area contributed by atoms with Crippen molar-refractivity contribution in [3.63, 3.8) is 0 Å². The molecule has 0 fully saturated rings. The number of alkyl halides is 1. The number of nitrogens with zero attached hydrogens (tertiary/aromatic N) is 2. The van der Waals surface area contributed by atoms with E-state index in [1.807, 2.05) is 11.8 Å². The van der Waals surface area contributed by atoms with Crippen LogP contribution in [0.1, 0.15) is 37.9 Å². The van der Waals surface area contributed by atoms with Gasteiger partial charge in [-0.25, -0.2) is 4.39 Å². The van der Waals surface area contributed by atoms with Crippen LogP contribution >= 0.6 is 7.60 Å². The van der Waals surface area contributed by atoms with Gasteiger partial charge in [0.25, 0.3) is 0 Å². The molecule has 0 bridgehead atoms. The molecule has 0 radical (unpaired) electrons. The molecule has 1 N–H and O–H groups in total. The fraction of sp³-hybridized carbons (Fsp3) is 0.667. The van der Waals surface area contributed by atoms with Gasteiger partial charge in [-0.05, 0) is 26.5 Å². The van der Waals surface area contributed by atoms with Gasteiger partial charge >= 0.3 is 7.60 Å². The third kappa shape index (κ3) is 5.94. The predicted octanol–water partition coefficient (Wildman–Crippen LogP) is 3.13. The van der Waals surface area contributed by atoms with Gasteiger partial charge in [-0.15, -0.1) is 0 Å². The van der Waals surface area contributed by atoms with Crippen LogP contribution in [-0.4, -0.2) is 47.9 Å². The number of pyridine rings is 1. The van der Waals surface area contributed by atoms with Crippen molar-refractivity contribution in [2.45, 2.75) is 33.2 Å². The van der Waals surface area contributed by atoms with Crippen LogP contribution in [0.5, 0.6) is 0 Å². The smallest absolute Gasteiger partial charge is 0.369 e. The summed E-state index contributed by atoms with van der Waals surface area (Å²) >= 11 is 0. The molecule has 1 atom stereocenters. The molecule has 0 saturated heterocycles. The van der Waals surface area contributed by atoms with E-state index in [4.69, 9.17) is 14.2 Å². The van der Waals surface area contributed by atoms with Crippen LogP contribution in [0, 0.1) is 0 Å². The van der Waals surface area contributed by atoms with Gasteiger partial charge in [0.05, 0.1) is 25.5 Å². The molecule has 1 rings (SSSR count). The summed E-state index contributed by atoms with van der Waals surface area (Å²) in [6.45, 7) is 7.44. The van der Waals surface area contributed by atoms with Gasteiger partial charge in [-0.2, -0.15) is 0 Å². The molecular formula is C15H26FN2O4P. The zero-order chi connectivity index (χ0) is 17.3. The number of halogens is 1. The Bertz CT molecular complexity index is 491. The first-order valence-corrected chi connectivity index (χ1v) is 9.42. The molecular weight excluding hydrogens is 322 g/mol. The molecule has 1 aromatic heterocycles. The molecule has 0 spiro atoms. The van der Waals surface area contributed by atoms with Gasteiger partial charge in [-0.1, -0.05) is 13.0 Å². The summed E-state index contributed by atoms with van der Waals surface area (Å²) in [7, 11) is -3.84. The minimum absolute atomic E-state index is 0.0738. The lowest BCUT2D eigenvalue weighted by molar-refractivity contribution is 0.189. The number of hydrogen-bond acceptors (Lipinski definition) is 6. The number of aliphatic hydroxyl groups is 1. The first kappa shape index (κ1) is 20.2. The summed E-state index contributed by atoms with van der Waals surface area (Å²) < 4.78 is 37.0. The Morgan fingerprint density at radius 1 is 1.30 bits per heavy atom. The molecule has 0 amide bonds. The highest BCUT2D eigenvalue weighted by Crippen LogP contribution is 2.61. The topological polar surface area (TPSA) is 71.9 Å². The average Bonchev–Trinajstić information content (AvgIpc) is 2.55. The van der Waals surface area contributed by atoms with Gasteiger partial charge in [0.15, 0.2) is 0 Å². The Balaban J connectivity index is 2.83. The van der Waals surface area contributed by atoms with Gasteiger partial charge in [0.2, 0.25) is 5.91 Å². The standard InChI is InChI=1S/C15H26FN2O4P/c1-4-18(9-10-19)12-14-8-7-13(11-17-14)15(16)23(20,21-5-2)22-6-3/h7-8,11,15,19H,4-6,9-10,12H2,1-3H3. The molecule has 0 aliphatic rings. The van der Waals surface area contributed by atoms with E-state index in [9.17, 15) is 8.96 Å². The van der Waals surface area contributed by atoms with Crippen molar-refractivity contribution in [1.29, 1.82) is 0 Å². The Labute approximate surface area is 137 Å². The third-order valence-corrected chi connectivity index (χ3v) is 5.36. The van der Waals surface area contributed by atoms with Crippen LogP contribution in [0.2, 0.25) is 0 Å². The summed E-state index contributed by atoms with van der Waals surface area (Å²) in [4.78, 5) is 6.22. The normalized spacial score (nSPS) is 13.5. The molecule has 1 aromatic rings. The lowest BCUT2D eigenvalue weighted by Gasteiger charge is -2.21. The maximum atomic E-state index is 14.5. The van der Waals surface area contributed by atoms with Gasteiger partial charge in [0.1, 0.15) is 0 Å². The minimum Gasteiger partial charge on any atom is -0.395 e. The highest BCUT2D eigenvalue weighted by molar-refractivity contribution is 7.54. The first-order chi connectivity index (χ1) is 11.0. The third-order valence-electron chi connectivity index (χ3n) is 3.27. The van der Waals surface area contributed by atoms with Gasteiger partial charge < -0.3 is 14.2 Å². The van der Waals surface area contributed by atoms with E-state index in [0.717, 1.165) is 12.2 Å². The average molecular weight is 348 g/mol. The largest absolute Gasteiger partial charge is 0.395 e. The van der Waals surface area contributed by atoms with E-state index in [-0.39, 0.29) is 25.4 Å². The molecule has 0 aliphatic heterocycles. The van der Waals surface area contributed by atoms with E-state index >= 15 is 0 Å². The monoisotopic (exact) mass is 348 g/mol. The molecule has 1 unspecified atom stereocenters. The highest BCUT2D eigenvalue weighted by Gasteiger charge is 2.37. The fourth-order valence-electron chi connectivity index (χ4n) is 2.10. The lowest BCUT2D eigenvalue weighted by Crippen LogP contribution is -2.26. The van der Waals surface area contributed by atoms with Gasteiger partial charge in [-0.3, -0.25) is 14.4 Å². The number of likely N-dealkylation sites (N-methyl/N-ethyl adjacent to an activating group) is 1. The Morgan fingerprint density at radius 2 is 1.96 bits per heavy atom. The van der Waals surface area contributed by atoms with Crippen LogP contribution in [0.15, 0.2) is 18.3 Å². The van der Waals surface area contributed by atoms with Crippen LogP contribution in [0.25, 0.3) is 0 Å². The van der Waals surface area contributed by atoms with Gasteiger partial charge in [0, 0.05) is 24.8 Å². The van der Waals surface area contributed by atoms with Crippen LogP contribution in [0.3, 0.4) is 0 Å². The second-order valence-electron chi connectivity index (χ2n) is 4.89. The number of rotatable bonds is 11. The minimum atomic E-state index is -3.84. The summed E-state index contributed by atoms with van der Waals surface area (Å²) in [5.74, 6) is -1.86. The molecule has 0 aromatic carbocycles. The SMILES string of the molecule is CCOP(=O)(OCC)C(F)c1ccc(CN(CC)CCO)nc1. The molecule has 1 heterocycles. The second-order valence-corrected chi connectivity index (χ2v) is 6.94. The second kappa shape index (κ2) is 10.1. The zero-order valence-electron chi connectivity index (χ0n) is 13.9. The Kier molecular flexibility index (Phi) is 8.87. The van der Waals surface area contributed by atoms with Crippen molar-refractivity contribution < 1.29 is 23.1 Å². The van der Waals surface area contributed by atoms with E-state index in [1.165, 1.54) is 6.20 Å². The summed E-state index contributed by atoms with van der Waals surface area (Å²) in [5, 5.41) is 8.98. The van der Waals surface area contributed by atoms with E-state index in [0.29, 0.717) is 13.1 Å². The molecule has 23 heavy (non-hydrogen) atoms. The van der Waals surface area contributed by atoms with Crippen LogP contribution in [0.4, 0.5) is 4.39 Å². The number of aliphatic hydroxyl groups excluding tert-OH is 1. The Morgan fingerprint density at radius 3 is 2.39 bits per heavy atom. The van der Waals surface area contributed by atoms with Crippen molar-refractivity contribution >= 4 is 7.60 Å². The van der Waals surface area contributed by atoms with Crippen molar-refractivity contribution in [1.82, 2.24) is 9.88 Å². The van der Waals surface area contributed by atoms with E-state index in [1.54, 1.807) is 26.0 Å². The molecule has 8 heteroatoms. The highest BCUT2D eigenvalue weighted by atomic mass is 31.2. The quantitative estimate of drug-likeness (QED) is 0.620. The fourth-order valence-corrected chi connectivity index (χ4v) is 3.67.